The molecule has 0 amide bonds. The zero-order valence-electron chi connectivity index (χ0n) is 11.7. The van der Waals surface area contributed by atoms with Crippen LogP contribution in [0.3, 0.4) is 0 Å². The highest BCUT2D eigenvalue weighted by Gasteiger charge is 2.20. The van der Waals surface area contributed by atoms with Gasteiger partial charge in [0.15, 0.2) is 5.78 Å². The molecule has 0 N–H and O–H groups in total. The first-order chi connectivity index (χ1) is 10.3. The summed E-state index contributed by atoms with van der Waals surface area (Å²) in [6.45, 7) is 2.34. The van der Waals surface area contributed by atoms with Gasteiger partial charge >= 0.3 is 0 Å². The van der Waals surface area contributed by atoms with Crippen LogP contribution < -0.4 is 0 Å². The quantitative estimate of drug-likeness (QED) is 0.620. The summed E-state index contributed by atoms with van der Waals surface area (Å²) in [6, 6.07) is 14.9. The van der Waals surface area contributed by atoms with Gasteiger partial charge in [-0.2, -0.15) is 0 Å². The third-order valence-corrected chi connectivity index (χ3v) is 3.83. The normalized spacial score (nSPS) is 13.9. The lowest BCUT2D eigenvalue weighted by Gasteiger charge is -2.13. The molecule has 0 saturated heterocycles. The predicted molar refractivity (Wildman–Crippen MR) is 81.4 cm³/mol. The van der Waals surface area contributed by atoms with Crippen molar-refractivity contribution in [3.63, 3.8) is 0 Å². The maximum Gasteiger partial charge on any atom is 0.164 e. The number of hydrogen-bond acceptors (Lipinski definition) is 4. The van der Waals surface area contributed by atoms with Crippen molar-refractivity contribution in [3.8, 4) is 0 Å². The van der Waals surface area contributed by atoms with Crippen LogP contribution in [0.2, 0.25) is 0 Å². The van der Waals surface area contributed by atoms with Gasteiger partial charge in [0.1, 0.15) is 5.69 Å². The van der Waals surface area contributed by atoms with Crippen molar-refractivity contribution in [1.82, 2.24) is 4.90 Å². The summed E-state index contributed by atoms with van der Waals surface area (Å²) in [5.41, 5.74) is 3.59. The number of carbonyl (C=O) groups is 1. The largest absolute Gasteiger partial charge is 0.294 e. The van der Waals surface area contributed by atoms with Gasteiger partial charge in [-0.3, -0.25) is 9.69 Å². The smallest absolute Gasteiger partial charge is 0.164 e. The van der Waals surface area contributed by atoms with Crippen LogP contribution in [0.1, 0.15) is 27.9 Å². The first kappa shape index (κ1) is 13.6. The molecule has 0 radical (unpaired) electrons. The van der Waals surface area contributed by atoms with Gasteiger partial charge in [0, 0.05) is 31.6 Å². The Labute approximate surface area is 123 Å². The molecule has 4 heteroatoms. The molecule has 1 aliphatic rings. The lowest BCUT2D eigenvalue weighted by molar-refractivity contribution is 0.0963. The fourth-order valence-electron chi connectivity index (χ4n) is 2.69. The van der Waals surface area contributed by atoms with E-state index >= 15 is 0 Å². The van der Waals surface area contributed by atoms with Gasteiger partial charge < -0.3 is 0 Å². The third kappa shape index (κ3) is 3.06. The van der Waals surface area contributed by atoms with Gasteiger partial charge in [0.2, 0.25) is 0 Å². The monoisotopic (exact) mass is 280 g/mol. The molecule has 0 bridgehead atoms. The van der Waals surface area contributed by atoms with E-state index < -0.39 is 0 Å². The maximum atomic E-state index is 12.1. The van der Waals surface area contributed by atoms with E-state index in [4.69, 9.17) is 0 Å². The highest BCUT2D eigenvalue weighted by Crippen LogP contribution is 2.26. The van der Waals surface area contributed by atoms with E-state index in [2.05, 4.69) is 10.1 Å². The van der Waals surface area contributed by atoms with Crippen molar-refractivity contribution in [2.75, 3.05) is 6.54 Å². The van der Waals surface area contributed by atoms with Gasteiger partial charge in [0.05, 0.1) is 0 Å². The van der Waals surface area contributed by atoms with E-state index in [-0.39, 0.29) is 5.78 Å². The van der Waals surface area contributed by atoms with Crippen molar-refractivity contribution in [1.29, 1.82) is 0 Å². The van der Waals surface area contributed by atoms with E-state index in [0.29, 0.717) is 12.1 Å². The number of nitrogens with zero attached hydrogens (tertiary/aromatic N) is 2. The molecule has 4 nitrogen and oxygen atoms in total. The number of nitroso groups, excluding NO2 is 1. The third-order valence-electron chi connectivity index (χ3n) is 3.83. The van der Waals surface area contributed by atoms with Gasteiger partial charge in [-0.05, 0) is 28.4 Å². The summed E-state index contributed by atoms with van der Waals surface area (Å²) < 4.78 is 0. The molecule has 0 atom stereocenters. The minimum absolute atomic E-state index is 0.168. The van der Waals surface area contributed by atoms with Crippen LogP contribution in [-0.2, 0) is 13.1 Å². The highest BCUT2D eigenvalue weighted by atomic mass is 16.3. The van der Waals surface area contributed by atoms with E-state index in [1.807, 2.05) is 42.5 Å². The number of ketones is 1. The Balaban J connectivity index is 1.59. The molecule has 1 heterocycles. The Morgan fingerprint density at radius 2 is 1.81 bits per heavy atom. The second kappa shape index (κ2) is 5.97. The van der Waals surface area contributed by atoms with Crippen molar-refractivity contribution in [3.05, 3.63) is 70.1 Å². The Morgan fingerprint density at radius 3 is 2.57 bits per heavy atom. The standard InChI is InChI=1S/C17H16N2O2/c20-17(13-4-2-1-3-5-13)8-9-19-11-14-6-7-16(18-21)10-15(14)12-19/h1-7,10H,8-9,11-12H2. The maximum absolute atomic E-state index is 12.1. The zero-order valence-corrected chi connectivity index (χ0v) is 11.7. The summed E-state index contributed by atoms with van der Waals surface area (Å²) >= 11 is 0. The van der Waals surface area contributed by atoms with Gasteiger partial charge in [-0.25, -0.2) is 0 Å². The summed E-state index contributed by atoms with van der Waals surface area (Å²) in [5, 5.41) is 2.96. The molecule has 3 rings (SSSR count). The molecular formula is C17H16N2O2. The van der Waals surface area contributed by atoms with E-state index in [1.165, 1.54) is 5.56 Å². The van der Waals surface area contributed by atoms with Crippen LogP contribution in [-0.4, -0.2) is 17.2 Å². The minimum Gasteiger partial charge on any atom is -0.294 e. The number of carbonyl (C=O) groups excluding carboxylic acids is 1. The lowest BCUT2D eigenvalue weighted by atomic mass is 10.1. The summed E-state index contributed by atoms with van der Waals surface area (Å²) in [7, 11) is 0. The molecule has 2 aromatic carbocycles. The Kier molecular flexibility index (Phi) is 3.88. The molecule has 0 aliphatic carbocycles. The molecule has 0 saturated carbocycles. The van der Waals surface area contributed by atoms with Crippen molar-refractivity contribution < 1.29 is 4.79 Å². The van der Waals surface area contributed by atoms with E-state index in [1.54, 1.807) is 6.07 Å². The van der Waals surface area contributed by atoms with E-state index in [0.717, 1.165) is 30.8 Å². The zero-order chi connectivity index (χ0) is 14.7. The number of benzene rings is 2. The molecule has 21 heavy (non-hydrogen) atoms. The predicted octanol–water partition coefficient (Wildman–Crippen LogP) is 3.67. The number of rotatable bonds is 5. The fraction of sp³-hybridized carbons (Fsp3) is 0.235. The molecule has 106 valence electrons. The average molecular weight is 280 g/mol. The summed E-state index contributed by atoms with van der Waals surface area (Å²) in [4.78, 5) is 24.9. The first-order valence-corrected chi connectivity index (χ1v) is 7.02. The molecule has 0 fully saturated rings. The number of Topliss-reactive ketones (excluding diaryl/α,β-unsaturated/α-hetero) is 1. The van der Waals surface area contributed by atoms with Crippen molar-refractivity contribution in [2.45, 2.75) is 19.5 Å². The van der Waals surface area contributed by atoms with E-state index in [9.17, 15) is 9.70 Å². The number of fused-ring (bicyclic) bond motifs is 1. The van der Waals surface area contributed by atoms with Gasteiger partial charge in [0.25, 0.3) is 0 Å². The fourth-order valence-corrected chi connectivity index (χ4v) is 2.69. The summed E-state index contributed by atoms with van der Waals surface area (Å²) in [5.74, 6) is 0.168. The molecule has 0 aromatic heterocycles. The van der Waals surface area contributed by atoms with Gasteiger partial charge in [-0.15, -0.1) is 4.91 Å². The molecule has 0 unspecified atom stereocenters. The second-order valence-electron chi connectivity index (χ2n) is 5.29. The minimum atomic E-state index is 0.168. The van der Waals surface area contributed by atoms with Crippen molar-refractivity contribution in [2.24, 2.45) is 5.18 Å². The Hall–Kier alpha value is -2.33. The SMILES string of the molecule is O=Nc1ccc2c(c1)CN(CCC(=O)c1ccccc1)C2. The second-order valence-corrected chi connectivity index (χ2v) is 5.29. The first-order valence-electron chi connectivity index (χ1n) is 7.02. The summed E-state index contributed by atoms with van der Waals surface area (Å²) in [6.07, 6.45) is 0.511. The number of hydrogen-bond donors (Lipinski definition) is 0. The topological polar surface area (TPSA) is 49.7 Å². The van der Waals surface area contributed by atoms with Crippen LogP contribution >= 0.6 is 0 Å². The Morgan fingerprint density at radius 1 is 1.05 bits per heavy atom. The van der Waals surface area contributed by atoms with Crippen LogP contribution in [0.15, 0.2) is 53.7 Å². The molecule has 2 aromatic rings. The van der Waals surface area contributed by atoms with Crippen LogP contribution in [0.25, 0.3) is 0 Å². The van der Waals surface area contributed by atoms with Crippen LogP contribution in [0.5, 0.6) is 0 Å². The molecule has 1 aliphatic heterocycles. The van der Waals surface area contributed by atoms with Gasteiger partial charge in [-0.1, -0.05) is 36.4 Å². The molecule has 0 spiro atoms. The lowest BCUT2D eigenvalue weighted by Crippen LogP contribution is -2.20. The average Bonchev–Trinajstić information content (AvgIpc) is 2.95. The molecular weight excluding hydrogens is 264 g/mol. The van der Waals surface area contributed by atoms with Crippen LogP contribution in [0, 0.1) is 4.91 Å². The highest BCUT2D eigenvalue weighted by molar-refractivity contribution is 5.96. The Bertz CT molecular complexity index is 668. The van der Waals surface area contributed by atoms with Crippen molar-refractivity contribution >= 4 is 11.5 Å². The van der Waals surface area contributed by atoms with Crippen LogP contribution in [0.4, 0.5) is 5.69 Å².